The van der Waals surface area contributed by atoms with Crippen molar-refractivity contribution in [1.82, 2.24) is 0 Å². The summed E-state index contributed by atoms with van der Waals surface area (Å²) in [4.78, 5) is 0. The van der Waals surface area contributed by atoms with Crippen molar-refractivity contribution in [2.75, 3.05) is 0 Å². The maximum absolute atomic E-state index is 3.30. The molecule has 0 saturated heterocycles. The summed E-state index contributed by atoms with van der Waals surface area (Å²) in [6, 6.07) is 18.1. The van der Waals surface area contributed by atoms with Crippen molar-refractivity contribution in [3.05, 3.63) is 91.4 Å². The molecule has 2 aromatic rings. The molecule has 0 fully saturated rings. The maximum Gasteiger partial charge on any atom is -0.0253 e. The minimum atomic E-state index is 0. The molecule has 2 aromatic carbocycles. The first-order chi connectivity index (χ1) is 11.7. The molecular formula is C22H30Cl2Si2Zr-3. The average Bonchev–Trinajstić information content (AvgIpc) is 3.27. The van der Waals surface area contributed by atoms with Gasteiger partial charge < -0.3 is 7.43 Å². The molecule has 0 aromatic heterocycles. The molecule has 0 aliphatic heterocycles. The van der Waals surface area contributed by atoms with E-state index in [2.05, 4.69) is 74.3 Å². The van der Waals surface area contributed by atoms with Gasteiger partial charge in [-0.1, -0.05) is 55.0 Å². The molecule has 0 bridgehead atoms. The zero-order valence-corrected chi connectivity index (χ0v) is 23.2. The van der Waals surface area contributed by atoms with Crippen molar-refractivity contribution in [1.29, 1.82) is 0 Å². The molecular weight excluding hydrogens is 483 g/mol. The van der Waals surface area contributed by atoms with Crippen molar-refractivity contribution >= 4 is 40.5 Å². The molecule has 2 aliphatic rings. The molecule has 0 N–H and O–H groups in total. The van der Waals surface area contributed by atoms with Crippen LogP contribution in [-0.2, 0) is 29.8 Å². The molecule has 0 heterocycles. The molecule has 4 rings (SSSR count). The van der Waals surface area contributed by atoms with E-state index in [1.165, 1.54) is 22.3 Å². The molecule has 147 valence electrons. The fourth-order valence-electron chi connectivity index (χ4n) is 2.34. The van der Waals surface area contributed by atoms with Crippen LogP contribution in [0.3, 0.4) is 0 Å². The molecule has 2 aliphatic carbocycles. The van der Waals surface area contributed by atoms with Crippen LogP contribution in [0.25, 0.3) is 11.1 Å². The Morgan fingerprint density at radius 1 is 0.963 bits per heavy atom. The predicted octanol–water partition coefficient (Wildman–Crippen LogP) is 6.11. The van der Waals surface area contributed by atoms with Gasteiger partial charge in [-0.3, -0.25) is 6.08 Å². The van der Waals surface area contributed by atoms with Crippen LogP contribution in [0.2, 0.25) is 19.6 Å². The summed E-state index contributed by atoms with van der Waals surface area (Å²) in [5, 5.41) is 0. The van der Waals surface area contributed by atoms with E-state index in [-0.39, 0.29) is 41.0 Å². The number of fused-ring (bicyclic) bond motifs is 3. The van der Waals surface area contributed by atoms with E-state index in [0.29, 0.717) is 0 Å². The van der Waals surface area contributed by atoms with Crippen molar-refractivity contribution < 1.29 is 23.3 Å². The van der Waals surface area contributed by atoms with Crippen LogP contribution < -0.4 is 0 Å². The topological polar surface area (TPSA) is 0 Å². The van der Waals surface area contributed by atoms with E-state index in [9.17, 15) is 0 Å². The van der Waals surface area contributed by atoms with Gasteiger partial charge in [0.05, 0.1) is 0 Å². The molecule has 0 unspecified atom stereocenters. The Bertz CT molecular complexity index is 629. The normalized spacial score (nSPS) is 10.6. The maximum atomic E-state index is 3.30. The number of hydrogen-bond acceptors (Lipinski definition) is 0. The smallest absolute Gasteiger partial charge is 0.0253 e. The van der Waals surface area contributed by atoms with Crippen molar-refractivity contribution in [3.63, 3.8) is 0 Å². The summed E-state index contributed by atoms with van der Waals surface area (Å²) >= 11 is 1.58. The Morgan fingerprint density at radius 2 is 1.56 bits per heavy atom. The van der Waals surface area contributed by atoms with Crippen LogP contribution in [0.4, 0.5) is 0 Å². The summed E-state index contributed by atoms with van der Waals surface area (Å²) in [7, 11) is 0.120. The largest absolute Gasteiger partial charge is 0.179 e. The Kier molecular flexibility index (Phi) is 22.3. The van der Waals surface area contributed by atoms with E-state index in [1.807, 2.05) is 25.1 Å². The van der Waals surface area contributed by atoms with Gasteiger partial charge in [0.2, 0.25) is 0 Å². The molecule has 1 radical (unpaired) electrons. The van der Waals surface area contributed by atoms with Gasteiger partial charge in [-0.15, -0.1) is 36.8 Å². The van der Waals surface area contributed by atoms with Gasteiger partial charge in [0.25, 0.3) is 0 Å². The van der Waals surface area contributed by atoms with E-state index in [0.717, 1.165) is 12.8 Å². The number of hydrogen-bond donors (Lipinski definition) is 0. The monoisotopic (exact) mass is 510 g/mol. The van der Waals surface area contributed by atoms with Crippen LogP contribution >= 0.6 is 24.8 Å². The summed E-state index contributed by atoms with van der Waals surface area (Å²) in [6.45, 7) is 8.76. The van der Waals surface area contributed by atoms with E-state index in [4.69, 9.17) is 0 Å². The SMILES string of the molecule is C[Si](C)C.Cl.Cl.[C-]1=CC=CC1.[CH3-].[SiH2]=[Zr].[c-]1cccc2c1Cc1ccccc1-2. The molecule has 0 spiro atoms. The first-order valence-corrected chi connectivity index (χ1v) is 17.0. The molecule has 0 amide bonds. The van der Waals surface area contributed by atoms with Gasteiger partial charge in [0, 0.05) is 8.80 Å². The number of benzene rings is 2. The summed E-state index contributed by atoms with van der Waals surface area (Å²) in [5.74, 6) is 0. The zero-order valence-electron chi connectivity index (χ0n) is 16.7. The Balaban J connectivity index is -0.000000353. The van der Waals surface area contributed by atoms with Gasteiger partial charge in [-0.25, -0.2) is 12.2 Å². The van der Waals surface area contributed by atoms with Crippen LogP contribution in [0.15, 0.2) is 60.7 Å². The quantitative estimate of drug-likeness (QED) is 0.252. The first-order valence-electron chi connectivity index (χ1n) is 8.10. The van der Waals surface area contributed by atoms with Crippen molar-refractivity contribution in [2.45, 2.75) is 32.5 Å². The van der Waals surface area contributed by atoms with Crippen LogP contribution in [0.5, 0.6) is 0 Å². The van der Waals surface area contributed by atoms with Crippen molar-refractivity contribution in [3.8, 4) is 11.1 Å². The third kappa shape index (κ3) is 12.1. The van der Waals surface area contributed by atoms with Crippen LogP contribution in [-0.4, -0.2) is 15.7 Å². The van der Waals surface area contributed by atoms with Crippen molar-refractivity contribution in [2.24, 2.45) is 0 Å². The van der Waals surface area contributed by atoms with Crippen LogP contribution in [0.1, 0.15) is 17.5 Å². The molecule has 0 nitrogen and oxygen atoms in total. The zero-order chi connectivity index (χ0) is 17.8. The Hall–Kier alpha value is -0.183. The number of allylic oxidation sites excluding steroid dienone is 4. The Morgan fingerprint density at radius 3 is 2.07 bits per heavy atom. The van der Waals surface area contributed by atoms with Gasteiger partial charge in [0.15, 0.2) is 0 Å². The minimum absolute atomic E-state index is 0. The molecule has 27 heavy (non-hydrogen) atoms. The van der Waals surface area contributed by atoms with E-state index in [1.54, 1.807) is 23.3 Å². The molecule has 0 saturated carbocycles. The van der Waals surface area contributed by atoms with Gasteiger partial charge in [-0.2, -0.15) is 35.9 Å². The fraction of sp³-hybridized carbons (Fsp3) is 0.227. The van der Waals surface area contributed by atoms with Crippen LogP contribution in [0, 0.1) is 19.6 Å². The van der Waals surface area contributed by atoms with Gasteiger partial charge in [0.1, 0.15) is 0 Å². The summed E-state index contributed by atoms with van der Waals surface area (Å²) in [6.07, 6.45) is 11.0. The second-order valence-electron chi connectivity index (χ2n) is 5.90. The summed E-state index contributed by atoms with van der Waals surface area (Å²) in [5.41, 5.74) is 5.51. The first kappa shape index (κ1) is 31.5. The number of rotatable bonds is 0. The van der Waals surface area contributed by atoms with E-state index >= 15 is 0 Å². The third-order valence-corrected chi connectivity index (χ3v) is 3.20. The van der Waals surface area contributed by atoms with E-state index < -0.39 is 0 Å². The summed E-state index contributed by atoms with van der Waals surface area (Å²) < 4.78 is 0. The second kappa shape index (κ2) is 19.1. The van der Waals surface area contributed by atoms with Gasteiger partial charge in [-0.05, 0) is 6.42 Å². The Labute approximate surface area is 197 Å². The predicted molar refractivity (Wildman–Crippen MR) is 128 cm³/mol. The molecule has 5 heteroatoms. The standard InChI is InChI=1S/C13H9.C5H5.C3H9Si.CH3.2ClH.H2Si.Zr/c1-3-7-12-10(5-1)9-11-6-2-4-8-13(11)12;1-2-4-5-3-1;1-4(2)3;;;;;/h1-5,7-8H,9H2;1-3H,4H2;1-3H3;1H3;2*1H;1H2;/q2*-1;;-1;;;;. The third-order valence-electron chi connectivity index (χ3n) is 3.20. The average molecular weight is 513 g/mol. The molecule has 0 atom stereocenters. The van der Waals surface area contributed by atoms with Gasteiger partial charge >= 0.3 is 30.2 Å². The minimum Gasteiger partial charge on any atom is -0.179 e. The fourth-order valence-corrected chi connectivity index (χ4v) is 2.34. The number of halogens is 2. The second-order valence-corrected chi connectivity index (χ2v) is 8.90.